The first-order chi connectivity index (χ1) is 14.3. The average molecular weight is 484 g/mol. The summed E-state index contributed by atoms with van der Waals surface area (Å²) in [6, 6.07) is 9.61. The molecule has 1 aliphatic heterocycles. The van der Waals surface area contributed by atoms with Crippen molar-refractivity contribution in [3.8, 4) is 5.75 Å². The molecule has 3 aromatic rings. The fourth-order valence-electron chi connectivity index (χ4n) is 3.06. The summed E-state index contributed by atoms with van der Waals surface area (Å²) in [7, 11) is -3.76. The third-order valence-electron chi connectivity index (χ3n) is 4.48. The summed E-state index contributed by atoms with van der Waals surface area (Å²) in [5, 5.41) is 2.57. The number of anilines is 2. The predicted octanol–water partition coefficient (Wildman–Crippen LogP) is 4.22. The molecule has 0 aliphatic carbocycles. The number of halogens is 2. The standard InChI is InChI=1S/C19H15Cl2N3O4S2/c20-14-2-1-3-16(18(14)21)28-11-17(25)24-8-6-12-10-13(4-5-15(12)24)30(26,27)23-19-22-7-9-29-19/h1-5,7,9-10H,6,8,11H2,(H,22,23). The van der Waals surface area contributed by atoms with Gasteiger partial charge >= 0.3 is 0 Å². The molecule has 2 aromatic carbocycles. The number of nitrogens with zero attached hydrogens (tertiary/aromatic N) is 2. The van der Waals surface area contributed by atoms with Crippen molar-refractivity contribution in [1.82, 2.24) is 4.98 Å². The molecule has 0 unspecified atom stereocenters. The zero-order chi connectivity index (χ0) is 21.3. The number of carbonyl (C=O) groups excluding carboxylic acids is 1. The van der Waals surface area contributed by atoms with E-state index in [4.69, 9.17) is 27.9 Å². The molecule has 0 atom stereocenters. The fraction of sp³-hybridized carbons (Fsp3) is 0.158. The summed E-state index contributed by atoms with van der Waals surface area (Å²) in [5.74, 6) is 0.0629. The average Bonchev–Trinajstić information content (AvgIpc) is 3.37. The lowest BCUT2D eigenvalue weighted by Crippen LogP contribution is -2.33. The monoisotopic (exact) mass is 483 g/mol. The maximum Gasteiger partial charge on any atom is 0.264 e. The minimum absolute atomic E-state index is 0.118. The van der Waals surface area contributed by atoms with Crippen molar-refractivity contribution in [1.29, 1.82) is 0 Å². The van der Waals surface area contributed by atoms with Crippen molar-refractivity contribution in [2.45, 2.75) is 11.3 Å². The third kappa shape index (κ3) is 4.24. The lowest BCUT2D eigenvalue weighted by Gasteiger charge is -2.18. The number of hydrogen-bond acceptors (Lipinski definition) is 6. The van der Waals surface area contributed by atoms with Gasteiger partial charge in [-0.15, -0.1) is 11.3 Å². The SMILES string of the molecule is O=C(COc1cccc(Cl)c1Cl)N1CCc2cc(S(=O)(=O)Nc3nccs3)ccc21. The van der Waals surface area contributed by atoms with E-state index >= 15 is 0 Å². The summed E-state index contributed by atoms with van der Waals surface area (Å²) in [6.45, 7) is 0.218. The molecule has 30 heavy (non-hydrogen) atoms. The van der Waals surface area contributed by atoms with Gasteiger partial charge in [0.15, 0.2) is 11.7 Å². The highest BCUT2D eigenvalue weighted by Crippen LogP contribution is 2.33. The Morgan fingerprint density at radius 2 is 2.10 bits per heavy atom. The van der Waals surface area contributed by atoms with Gasteiger partial charge in [-0.25, -0.2) is 13.4 Å². The minimum Gasteiger partial charge on any atom is -0.482 e. The second-order valence-corrected chi connectivity index (χ2v) is 9.73. The highest BCUT2D eigenvalue weighted by atomic mass is 35.5. The van der Waals surface area contributed by atoms with Crippen LogP contribution in [0.4, 0.5) is 10.8 Å². The zero-order valence-corrected chi connectivity index (χ0v) is 18.5. The summed E-state index contributed by atoms with van der Waals surface area (Å²) in [6.07, 6.45) is 2.06. The Labute approximate surface area is 187 Å². The first-order valence-corrected chi connectivity index (χ1v) is 11.9. The summed E-state index contributed by atoms with van der Waals surface area (Å²) >= 11 is 13.2. The van der Waals surface area contributed by atoms with Crippen LogP contribution in [0.3, 0.4) is 0 Å². The minimum atomic E-state index is -3.76. The van der Waals surface area contributed by atoms with E-state index in [1.165, 1.54) is 23.6 Å². The second-order valence-electron chi connectivity index (χ2n) is 6.37. The van der Waals surface area contributed by atoms with E-state index in [2.05, 4.69) is 9.71 Å². The van der Waals surface area contributed by atoms with Crippen LogP contribution in [-0.2, 0) is 21.2 Å². The molecule has 1 aliphatic rings. The van der Waals surface area contributed by atoms with E-state index in [0.29, 0.717) is 34.6 Å². The number of nitrogens with one attached hydrogen (secondary N) is 1. The van der Waals surface area contributed by atoms with Gasteiger partial charge in [-0.3, -0.25) is 9.52 Å². The number of rotatable bonds is 6. The highest BCUT2D eigenvalue weighted by Gasteiger charge is 2.27. The van der Waals surface area contributed by atoms with Crippen LogP contribution in [0.25, 0.3) is 0 Å². The second kappa shape index (κ2) is 8.43. The van der Waals surface area contributed by atoms with Crippen molar-refractivity contribution in [3.05, 3.63) is 63.6 Å². The smallest absolute Gasteiger partial charge is 0.264 e. The van der Waals surface area contributed by atoms with E-state index in [-0.39, 0.29) is 22.4 Å². The molecule has 0 saturated heterocycles. The number of ether oxygens (including phenoxy) is 1. The summed E-state index contributed by atoms with van der Waals surface area (Å²) < 4.78 is 33.1. The topological polar surface area (TPSA) is 88.6 Å². The zero-order valence-electron chi connectivity index (χ0n) is 15.3. The molecule has 4 rings (SSSR count). The van der Waals surface area contributed by atoms with Crippen LogP contribution in [0.1, 0.15) is 5.56 Å². The molecule has 11 heteroatoms. The van der Waals surface area contributed by atoms with E-state index in [9.17, 15) is 13.2 Å². The van der Waals surface area contributed by atoms with Gasteiger partial charge in [0, 0.05) is 23.8 Å². The van der Waals surface area contributed by atoms with Crippen LogP contribution >= 0.6 is 34.5 Å². The molecule has 1 aromatic heterocycles. The largest absolute Gasteiger partial charge is 0.482 e. The maximum absolute atomic E-state index is 12.7. The highest BCUT2D eigenvalue weighted by molar-refractivity contribution is 7.93. The summed E-state index contributed by atoms with van der Waals surface area (Å²) in [4.78, 5) is 18.3. The molecule has 0 fully saturated rings. The van der Waals surface area contributed by atoms with Crippen LogP contribution in [0.5, 0.6) is 5.75 Å². The van der Waals surface area contributed by atoms with Crippen molar-refractivity contribution < 1.29 is 17.9 Å². The van der Waals surface area contributed by atoms with Gasteiger partial charge in [0.25, 0.3) is 15.9 Å². The van der Waals surface area contributed by atoms with Crippen molar-refractivity contribution in [3.63, 3.8) is 0 Å². The number of fused-ring (bicyclic) bond motifs is 1. The Kier molecular flexibility index (Phi) is 5.88. The van der Waals surface area contributed by atoms with E-state index in [1.54, 1.807) is 40.6 Å². The number of thiazole rings is 1. The Hall–Kier alpha value is -2.33. The molecule has 156 valence electrons. The van der Waals surface area contributed by atoms with Crippen LogP contribution in [0, 0.1) is 0 Å². The Morgan fingerprint density at radius 1 is 1.27 bits per heavy atom. The molecule has 0 bridgehead atoms. The van der Waals surface area contributed by atoms with Gasteiger partial charge in [-0.05, 0) is 42.3 Å². The van der Waals surface area contributed by atoms with E-state index < -0.39 is 10.0 Å². The Balaban J connectivity index is 1.48. The Bertz CT molecular complexity index is 1200. The van der Waals surface area contributed by atoms with Gasteiger partial charge in [-0.2, -0.15) is 0 Å². The van der Waals surface area contributed by atoms with Gasteiger partial charge in [-0.1, -0.05) is 29.3 Å². The molecule has 1 amide bonds. The third-order valence-corrected chi connectivity index (χ3v) is 7.44. The number of sulfonamides is 1. The normalized spacial score (nSPS) is 13.2. The molecule has 0 radical (unpaired) electrons. The molecule has 0 spiro atoms. The molecular weight excluding hydrogens is 469 g/mol. The van der Waals surface area contributed by atoms with Gasteiger partial charge in [0.2, 0.25) is 0 Å². The number of hydrogen-bond donors (Lipinski definition) is 1. The molecule has 2 heterocycles. The molecular formula is C19H15Cl2N3O4S2. The summed E-state index contributed by atoms with van der Waals surface area (Å²) in [5.41, 5.74) is 1.43. The number of aromatic nitrogens is 1. The molecule has 7 nitrogen and oxygen atoms in total. The van der Waals surface area contributed by atoms with Gasteiger partial charge in [0.1, 0.15) is 10.8 Å². The van der Waals surface area contributed by atoms with Gasteiger partial charge in [0.05, 0.1) is 9.92 Å². The lowest BCUT2D eigenvalue weighted by molar-refractivity contribution is -0.120. The maximum atomic E-state index is 12.7. The van der Waals surface area contributed by atoms with Crippen LogP contribution < -0.4 is 14.4 Å². The number of benzene rings is 2. The van der Waals surface area contributed by atoms with Crippen LogP contribution in [0.15, 0.2) is 52.9 Å². The fourth-order valence-corrected chi connectivity index (χ4v) is 5.25. The number of carbonyl (C=O) groups is 1. The van der Waals surface area contributed by atoms with Crippen LogP contribution in [0.2, 0.25) is 10.0 Å². The first kappa shape index (κ1) is 20.9. The van der Waals surface area contributed by atoms with Crippen molar-refractivity contribution >= 4 is 61.3 Å². The quantitative estimate of drug-likeness (QED) is 0.566. The van der Waals surface area contributed by atoms with Gasteiger partial charge < -0.3 is 9.64 Å². The van der Waals surface area contributed by atoms with E-state index in [0.717, 1.165) is 5.56 Å². The Morgan fingerprint density at radius 3 is 2.87 bits per heavy atom. The van der Waals surface area contributed by atoms with Crippen molar-refractivity contribution in [2.24, 2.45) is 0 Å². The first-order valence-electron chi connectivity index (χ1n) is 8.77. The van der Waals surface area contributed by atoms with E-state index in [1.807, 2.05) is 0 Å². The van der Waals surface area contributed by atoms with Crippen LogP contribution in [-0.4, -0.2) is 32.5 Å². The predicted molar refractivity (Wildman–Crippen MR) is 117 cm³/mol. The lowest BCUT2D eigenvalue weighted by atomic mass is 10.2. The number of amides is 1. The molecule has 0 saturated carbocycles. The molecule has 1 N–H and O–H groups in total. The van der Waals surface area contributed by atoms with Crippen molar-refractivity contribution in [2.75, 3.05) is 22.8 Å².